The Morgan fingerprint density at radius 3 is 3.14 bits per heavy atom. The molecule has 114 valence electrons. The lowest BCUT2D eigenvalue weighted by molar-refractivity contribution is 0.128. The second-order valence-corrected chi connectivity index (χ2v) is 5.47. The lowest BCUT2D eigenvalue weighted by Gasteiger charge is -2.37. The van der Waals surface area contributed by atoms with Crippen LogP contribution >= 0.6 is 11.6 Å². The number of hydrogen-bond acceptors (Lipinski definition) is 5. The second kappa shape index (κ2) is 6.03. The molecule has 0 radical (unpaired) electrons. The fourth-order valence-corrected chi connectivity index (χ4v) is 2.88. The Morgan fingerprint density at radius 2 is 2.33 bits per heavy atom. The Bertz CT molecular complexity index is 541. The van der Waals surface area contributed by atoms with E-state index in [9.17, 15) is 4.79 Å². The van der Waals surface area contributed by atoms with Crippen molar-refractivity contribution in [3.8, 4) is 0 Å². The van der Waals surface area contributed by atoms with Crippen LogP contribution in [-0.4, -0.2) is 59.7 Å². The average Bonchev–Trinajstić information content (AvgIpc) is 2.85. The van der Waals surface area contributed by atoms with Crippen molar-refractivity contribution in [2.24, 2.45) is 0 Å². The Hall–Kier alpha value is -1.60. The van der Waals surface area contributed by atoms with Crippen LogP contribution in [0.1, 0.15) is 12.7 Å². The van der Waals surface area contributed by atoms with E-state index in [2.05, 4.69) is 20.2 Å². The minimum Gasteiger partial charge on any atom is -0.374 e. The first-order valence-corrected chi connectivity index (χ1v) is 7.46. The van der Waals surface area contributed by atoms with Crippen LogP contribution in [0.4, 0.5) is 10.6 Å². The van der Waals surface area contributed by atoms with Crippen molar-refractivity contribution in [1.29, 1.82) is 0 Å². The van der Waals surface area contributed by atoms with E-state index in [1.165, 1.54) is 0 Å². The minimum atomic E-state index is 0.0254. The molecule has 1 atom stereocenters. The highest BCUT2D eigenvalue weighted by molar-refractivity contribution is 6.29. The zero-order chi connectivity index (χ0) is 14.8. The maximum absolute atomic E-state index is 11.6. The van der Waals surface area contributed by atoms with Crippen molar-refractivity contribution in [2.45, 2.75) is 19.6 Å². The Balaban J connectivity index is 1.74. The summed E-state index contributed by atoms with van der Waals surface area (Å²) in [5, 5.41) is 3.28. The van der Waals surface area contributed by atoms with Crippen LogP contribution < -0.4 is 10.2 Å². The number of urea groups is 1. The molecule has 0 spiro atoms. The van der Waals surface area contributed by atoms with E-state index in [1.54, 1.807) is 6.07 Å². The molecular formula is C13H18ClN5O2. The highest BCUT2D eigenvalue weighted by atomic mass is 35.5. The van der Waals surface area contributed by atoms with Crippen molar-refractivity contribution in [2.75, 3.05) is 37.7 Å². The van der Waals surface area contributed by atoms with E-state index in [-0.39, 0.29) is 12.1 Å². The van der Waals surface area contributed by atoms with Gasteiger partial charge < -0.3 is 19.9 Å². The third-order valence-electron chi connectivity index (χ3n) is 3.72. The summed E-state index contributed by atoms with van der Waals surface area (Å²) in [6.45, 7) is 5.76. The third-order valence-corrected chi connectivity index (χ3v) is 3.91. The Labute approximate surface area is 128 Å². The van der Waals surface area contributed by atoms with Crippen LogP contribution in [0.15, 0.2) is 6.07 Å². The van der Waals surface area contributed by atoms with E-state index in [4.69, 9.17) is 16.3 Å². The van der Waals surface area contributed by atoms with Gasteiger partial charge in [0, 0.05) is 38.9 Å². The molecule has 8 heteroatoms. The number of carbonyl (C=O) groups is 1. The predicted octanol–water partition coefficient (Wildman–Crippen LogP) is 0.880. The first-order chi connectivity index (χ1) is 10.2. The number of nitrogens with one attached hydrogen (secondary N) is 1. The summed E-state index contributed by atoms with van der Waals surface area (Å²) in [7, 11) is 0. The van der Waals surface area contributed by atoms with E-state index >= 15 is 0 Å². The van der Waals surface area contributed by atoms with E-state index in [0.717, 1.165) is 18.9 Å². The van der Waals surface area contributed by atoms with Gasteiger partial charge >= 0.3 is 6.03 Å². The average molecular weight is 312 g/mol. The molecule has 7 nitrogen and oxygen atoms in total. The van der Waals surface area contributed by atoms with Crippen LogP contribution in [-0.2, 0) is 11.3 Å². The third kappa shape index (κ3) is 3.03. The monoisotopic (exact) mass is 311 g/mol. The molecule has 2 saturated heterocycles. The van der Waals surface area contributed by atoms with Crippen molar-refractivity contribution in [3.63, 3.8) is 0 Å². The number of fused-ring (bicyclic) bond motifs is 1. The molecule has 1 unspecified atom stereocenters. The number of rotatable bonds is 4. The second-order valence-electron chi connectivity index (χ2n) is 5.08. The maximum Gasteiger partial charge on any atom is 0.317 e. The van der Waals surface area contributed by atoms with Gasteiger partial charge in [0.15, 0.2) is 5.82 Å². The topological polar surface area (TPSA) is 70.6 Å². The van der Waals surface area contributed by atoms with Crippen molar-refractivity contribution < 1.29 is 9.53 Å². The van der Waals surface area contributed by atoms with E-state index < -0.39 is 0 Å². The molecule has 21 heavy (non-hydrogen) atoms. The summed E-state index contributed by atoms with van der Waals surface area (Å²) < 4.78 is 5.34. The molecule has 3 rings (SSSR count). The van der Waals surface area contributed by atoms with Gasteiger partial charge in [0.1, 0.15) is 17.6 Å². The number of hydrogen-bond donors (Lipinski definition) is 1. The lowest BCUT2D eigenvalue weighted by Crippen LogP contribution is -2.52. The largest absolute Gasteiger partial charge is 0.374 e. The van der Waals surface area contributed by atoms with Crippen LogP contribution in [0.5, 0.6) is 0 Å². The molecule has 2 aliphatic heterocycles. The zero-order valence-corrected chi connectivity index (χ0v) is 12.6. The summed E-state index contributed by atoms with van der Waals surface area (Å²) in [5.74, 6) is 1.38. The van der Waals surface area contributed by atoms with Gasteiger partial charge in [-0.05, 0) is 6.92 Å². The normalized spacial score (nSPS) is 21.4. The van der Waals surface area contributed by atoms with Crippen LogP contribution in [0.2, 0.25) is 5.15 Å². The molecule has 2 aliphatic rings. The van der Waals surface area contributed by atoms with Gasteiger partial charge in [0.05, 0.1) is 6.04 Å². The molecule has 0 aromatic carbocycles. The molecule has 2 fully saturated rings. The number of piperazine rings is 1. The first kappa shape index (κ1) is 14.3. The van der Waals surface area contributed by atoms with E-state index in [0.29, 0.717) is 37.3 Å². The number of carbonyl (C=O) groups excluding carboxylic acids is 1. The highest BCUT2D eigenvalue weighted by Crippen LogP contribution is 2.22. The highest BCUT2D eigenvalue weighted by Gasteiger charge is 2.35. The van der Waals surface area contributed by atoms with Gasteiger partial charge in [0.2, 0.25) is 0 Å². The number of anilines is 1. The molecule has 1 aromatic rings. The molecule has 3 heterocycles. The molecule has 1 N–H and O–H groups in total. The van der Waals surface area contributed by atoms with Gasteiger partial charge in [-0.1, -0.05) is 11.6 Å². The fourth-order valence-electron chi connectivity index (χ4n) is 2.68. The SMILES string of the molecule is CCOCc1nc(Cl)cc(N2CCN3C(=O)NCC3C2)n1. The zero-order valence-electron chi connectivity index (χ0n) is 11.9. The summed E-state index contributed by atoms with van der Waals surface area (Å²) in [5.41, 5.74) is 0. The van der Waals surface area contributed by atoms with Crippen molar-refractivity contribution >= 4 is 23.4 Å². The number of halogens is 1. The fraction of sp³-hybridized carbons (Fsp3) is 0.615. The number of amides is 2. The molecule has 0 saturated carbocycles. The van der Waals surface area contributed by atoms with Crippen molar-refractivity contribution in [3.05, 3.63) is 17.0 Å². The number of ether oxygens (including phenoxy) is 1. The van der Waals surface area contributed by atoms with E-state index in [1.807, 2.05) is 11.8 Å². The summed E-state index contributed by atoms with van der Waals surface area (Å²) >= 11 is 6.07. The van der Waals surface area contributed by atoms with Gasteiger partial charge in [-0.15, -0.1) is 0 Å². The van der Waals surface area contributed by atoms with Crippen LogP contribution in [0.25, 0.3) is 0 Å². The minimum absolute atomic E-state index is 0.0254. The number of nitrogens with zero attached hydrogens (tertiary/aromatic N) is 4. The summed E-state index contributed by atoms with van der Waals surface area (Å²) in [6.07, 6.45) is 0. The molecule has 0 bridgehead atoms. The predicted molar refractivity (Wildman–Crippen MR) is 78.5 cm³/mol. The standard InChI is InChI=1S/C13H18ClN5O2/c1-2-21-8-11-16-10(14)5-12(17-11)18-3-4-19-9(7-18)6-15-13(19)20/h5,9H,2-4,6-8H2,1H3,(H,15,20). The number of aromatic nitrogens is 2. The van der Waals surface area contributed by atoms with Crippen LogP contribution in [0, 0.1) is 0 Å². The lowest BCUT2D eigenvalue weighted by atomic mass is 10.2. The summed E-state index contributed by atoms with van der Waals surface area (Å²) in [6, 6.07) is 1.98. The van der Waals surface area contributed by atoms with Gasteiger partial charge in [-0.3, -0.25) is 0 Å². The van der Waals surface area contributed by atoms with Gasteiger partial charge in [-0.25, -0.2) is 14.8 Å². The van der Waals surface area contributed by atoms with Crippen LogP contribution in [0.3, 0.4) is 0 Å². The Morgan fingerprint density at radius 1 is 1.48 bits per heavy atom. The quantitative estimate of drug-likeness (QED) is 0.836. The van der Waals surface area contributed by atoms with Gasteiger partial charge in [-0.2, -0.15) is 0 Å². The molecule has 2 amide bonds. The Kier molecular flexibility index (Phi) is 4.12. The first-order valence-electron chi connectivity index (χ1n) is 7.08. The summed E-state index contributed by atoms with van der Waals surface area (Å²) in [4.78, 5) is 24.3. The maximum atomic E-state index is 11.6. The smallest absolute Gasteiger partial charge is 0.317 e. The van der Waals surface area contributed by atoms with Crippen molar-refractivity contribution in [1.82, 2.24) is 20.2 Å². The molecule has 1 aromatic heterocycles. The molecule has 0 aliphatic carbocycles. The molecular weight excluding hydrogens is 294 g/mol. The van der Waals surface area contributed by atoms with Gasteiger partial charge in [0.25, 0.3) is 0 Å².